The highest BCUT2D eigenvalue weighted by Gasteiger charge is 2.09. The first-order valence-electron chi connectivity index (χ1n) is 7.73. The summed E-state index contributed by atoms with van der Waals surface area (Å²) in [6.45, 7) is 5.60. The van der Waals surface area contributed by atoms with Gasteiger partial charge in [-0.2, -0.15) is 0 Å². The molecule has 2 aromatic carbocycles. The number of nitrogens with one attached hydrogen (secondary N) is 2. The van der Waals surface area contributed by atoms with Crippen LogP contribution in [0.3, 0.4) is 0 Å². The zero-order valence-corrected chi connectivity index (χ0v) is 14.1. The fraction of sp³-hybridized carbons (Fsp3) is 0.263. The minimum atomic E-state index is -0.325. The van der Waals surface area contributed by atoms with E-state index in [1.54, 1.807) is 31.2 Å². The highest BCUT2D eigenvalue weighted by molar-refractivity contribution is 5.96. The van der Waals surface area contributed by atoms with Gasteiger partial charge < -0.3 is 10.6 Å². The minimum absolute atomic E-state index is 0.125. The van der Waals surface area contributed by atoms with Crippen molar-refractivity contribution in [2.75, 3.05) is 6.54 Å². The summed E-state index contributed by atoms with van der Waals surface area (Å²) in [4.78, 5) is 23.9. The molecule has 0 aromatic heterocycles. The fourth-order valence-corrected chi connectivity index (χ4v) is 2.38. The maximum Gasteiger partial charge on any atom is 0.251 e. The van der Waals surface area contributed by atoms with Crippen LogP contribution in [0.4, 0.5) is 4.39 Å². The van der Waals surface area contributed by atoms with Crippen LogP contribution in [0.15, 0.2) is 36.4 Å². The van der Waals surface area contributed by atoms with Crippen molar-refractivity contribution in [1.29, 1.82) is 0 Å². The molecule has 0 spiro atoms. The second-order valence-electron chi connectivity index (χ2n) is 5.92. The van der Waals surface area contributed by atoms with E-state index in [1.165, 1.54) is 6.07 Å². The average Bonchev–Trinajstić information content (AvgIpc) is 2.52. The van der Waals surface area contributed by atoms with Crippen molar-refractivity contribution in [1.82, 2.24) is 10.6 Å². The molecule has 2 aromatic rings. The Labute approximate surface area is 141 Å². The molecule has 4 nitrogen and oxygen atoms in total. The summed E-state index contributed by atoms with van der Waals surface area (Å²) in [6, 6.07) is 10.3. The van der Waals surface area contributed by atoms with Crippen LogP contribution in [0, 0.1) is 26.6 Å². The van der Waals surface area contributed by atoms with Crippen LogP contribution in [-0.4, -0.2) is 18.4 Å². The molecule has 2 N–H and O–H groups in total. The smallest absolute Gasteiger partial charge is 0.251 e. The van der Waals surface area contributed by atoms with Crippen molar-refractivity contribution in [3.05, 3.63) is 70.0 Å². The molecule has 0 fully saturated rings. The Balaban J connectivity index is 1.84. The van der Waals surface area contributed by atoms with E-state index in [9.17, 15) is 14.0 Å². The van der Waals surface area contributed by atoms with Crippen molar-refractivity contribution in [3.63, 3.8) is 0 Å². The third-order valence-electron chi connectivity index (χ3n) is 3.62. The quantitative estimate of drug-likeness (QED) is 0.887. The monoisotopic (exact) mass is 328 g/mol. The first kappa shape index (κ1) is 17.7. The van der Waals surface area contributed by atoms with Gasteiger partial charge in [-0.1, -0.05) is 29.3 Å². The molecule has 2 rings (SSSR count). The lowest BCUT2D eigenvalue weighted by molar-refractivity contribution is -0.120. The zero-order valence-electron chi connectivity index (χ0n) is 14.1. The van der Waals surface area contributed by atoms with Crippen molar-refractivity contribution in [2.45, 2.75) is 27.3 Å². The Bertz CT molecular complexity index is 752. The molecule has 0 saturated heterocycles. The summed E-state index contributed by atoms with van der Waals surface area (Å²) < 4.78 is 13.4. The highest BCUT2D eigenvalue weighted by atomic mass is 19.1. The zero-order chi connectivity index (χ0) is 17.7. The van der Waals surface area contributed by atoms with Crippen LogP contribution in [0.5, 0.6) is 0 Å². The normalized spacial score (nSPS) is 10.3. The number of amides is 2. The lowest BCUT2D eigenvalue weighted by atomic mass is 10.1. The van der Waals surface area contributed by atoms with E-state index in [4.69, 9.17) is 0 Å². The van der Waals surface area contributed by atoms with Gasteiger partial charge in [0.05, 0.1) is 6.54 Å². The third-order valence-corrected chi connectivity index (χ3v) is 3.62. The van der Waals surface area contributed by atoms with Gasteiger partial charge in [-0.25, -0.2) is 4.39 Å². The standard InChI is InChI=1S/C19H21FN2O2/c1-12-6-13(2)8-16(7-12)19(24)22-11-18(23)21-10-15-5-4-14(3)17(20)9-15/h4-9H,10-11H2,1-3H3,(H,21,23)(H,22,24). The van der Waals surface area contributed by atoms with E-state index in [0.717, 1.165) is 11.1 Å². The molecule has 2 amide bonds. The minimum Gasteiger partial charge on any atom is -0.350 e. The predicted molar refractivity (Wildman–Crippen MR) is 91.2 cm³/mol. The molecule has 126 valence electrons. The number of hydrogen-bond acceptors (Lipinski definition) is 2. The number of aryl methyl sites for hydroxylation is 3. The van der Waals surface area contributed by atoms with E-state index >= 15 is 0 Å². The Morgan fingerprint density at radius 2 is 1.62 bits per heavy atom. The van der Waals surface area contributed by atoms with Crippen LogP contribution in [0.25, 0.3) is 0 Å². The van der Waals surface area contributed by atoms with E-state index < -0.39 is 0 Å². The topological polar surface area (TPSA) is 58.2 Å². The number of carbonyl (C=O) groups excluding carboxylic acids is 2. The Morgan fingerprint density at radius 1 is 0.958 bits per heavy atom. The van der Waals surface area contributed by atoms with Crippen molar-refractivity contribution in [3.8, 4) is 0 Å². The van der Waals surface area contributed by atoms with E-state index in [2.05, 4.69) is 10.6 Å². The van der Waals surface area contributed by atoms with Gasteiger partial charge in [-0.15, -0.1) is 0 Å². The first-order chi connectivity index (χ1) is 11.3. The van der Waals surface area contributed by atoms with Gasteiger partial charge >= 0.3 is 0 Å². The predicted octanol–water partition coefficient (Wildman–Crippen LogP) is 2.80. The third kappa shape index (κ3) is 4.91. The largest absolute Gasteiger partial charge is 0.350 e. The summed E-state index contributed by atoms with van der Waals surface area (Å²) in [5, 5.41) is 5.24. The maximum absolute atomic E-state index is 13.4. The van der Waals surface area contributed by atoms with E-state index in [0.29, 0.717) is 16.7 Å². The molecule has 5 heteroatoms. The molecule has 0 unspecified atom stereocenters. The van der Waals surface area contributed by atoms with Crippen LogP contribution >= 0.6 is 0 Å². The average molecular weight is 328 g/mol. The molecular weight excluding hydrogens is 307 g/mol. The van der Waals surface area contributed by atoms with Gasteiger partial charge in [0.25, 0.3) is 5.91 Å². The second kappa shape index (κ2) is 7.73. The Morgan fingerprint density at radius 3 is 2.25 bits per heavy atom. The fourth-order valence-electron chi connectivity index (χ4n) is 2.38. The number of halogens is 1. The SMILES string of the molecule is Cc1cc(C)cc(C(=O)NCC(=O)NCc2ccc(C)c(F)c2)c1. The van der Waals surface area contributed by atoms with Crippen molar-refractivity contribution < 1.29 is 14.0 Å². The number of carbonyl (C=O) groups is 2. The van der Waals surface area contributed by atoms with Gasteiger partial charge in [0.15, 0.2) is 0 Å². The molecular formula is C19H21FN2O2. The lowest BCUT2D eigenvalue weighted by Crippen LogP contribution is -2.36. The highest BCUT2D eigenvalue weighted by Crippen LogP contribution is 2.09. The van der Waals surface area contributed by atoms with Crippen LogP contribution < -0.4 is 10.6 Å². The summed E-state index contributed by atoms with van der Waals surface area (Å²) in [5.74, 6) is -0.920. The molecule has 0 atom stereocenters. The van der Waals surface area contributed by atoms with Crippen LogP contribution in [-0.2, 0) is 11.3 Å². The van der Waals surface area contributed by atoms with Gasteiger partial charge in [-0.05, 0) is 50.1 Å². The lowest BCUT2D eigenvalue weighted by Gasteiger charge is -2.09. The molecule has 0 saturated carbocycles. The van der Waals surface area contributed by atoms with Gasteiger partial charge in [0.2, 0.25) is 5.91 Å². The molecule has 0 bridgehead atoms. The first-order valence-corrected chi connectivity index (χ1v) is 7.73. The Hall–Kier alpha value is -2.69. The van der Waals surface area contributed by atoms with Gasteiger partial charge in [0, 0.05) is 12.1 Å². The second-order valence-corrected chi connectivity index (χ2v) is 5.92. The molecule has 0 heterocycles. The van der Waals surface area contributed by atoms with Crippen LogP contribution in [0.2, 0.25) is 0 Å². The summed E-state index contributed by atoms with van der Waals surface area (Å²) >= 11 is 0. The molecule has 0 aliphatic rings. The van der Waals surface area contributed by atoms with Gasteiger partial charge in [-0.3, -0.25) is 9.59 Å². The van der Waals surface area contributed by atoms with E-state index in [-0.39, 0.29) is 30.7 Å². The number of hydrogen-bond donors (Lipinski definition) is 2. The summed E-state index contributed by atoms with van der Waals surface area (Å²) in [5.41, 5.74) is 3.75. The molecule has 24 heavy (non-hydrogen) atoms. The Kier molecular flexibility index (Phi) is 5.68. The summed E-state index contributed by atoms with van der Waals surface area (Å²) in [6.07, 6.45) is 0. The van der Waals surface area contributed by atoms with Crippen molar-refractivity contribution in [2.24, 2.45) is 0 Å². The van der Waals surface area contributed by atoms with Crippen molar-refractivity contribution >= 4 is 11.8 Å². The molecule has 0 aliphatic carbocycles. The molecule has 0 radical (unpaired) electrons. The maximum atomic E-state index is 13.4. The molecule has 0 aliphatic heterocycles. The van der Waals surface area contributed by atoms with Crippen LogP contribution in [0.1, 0.15) is 32.6 Å². The van der Waals surface area contributed by atoms with Gasteiger partial charge in [0.1, 0.15) is 5.82 Å². The summed E-state index contributed by atoms with van der Waals surface area (Å²) in [7, 11) is 0. The van der Waals surface area contributed by atoms with E-state index in [1.807, 2.05) is 19.9 Å². The number of benzene rings is 2. The number of rotatable bonds is 5.